The van der Waals surface area contributed by atoms with E-state index in [0.29, 0.717) is 5.56 Å². The predicted octanol–water partition coefficient (Wildman–Crippen LogP) is 0.866. The second kappa shape index (κ2) is 3.80. The Morgan fingerprint density at radius 1 is 1.75 bits per heavy atom. The van der Waals surface area contributed by atoms with Crippen LogP contribution in [-0.2, 0) is 0 Å². The molecule has 3 nitrogen and oxygen atoms in total. The van der Waals surface area contributed by atoms with Gasteiger partial charge in [0.15, 0.2) is 11.0 Å². The van der Waals surface area contributed by atoms with Gasteiger partial charge in [0.05, 0.1) is 12.6 Å². The van der Waals surface area contributed by atoms with Crippen molar-refractivity contribution in [3.63, 3.8) is 0 Å². The maximum Gasteiger partial charge on any atom is 0.164 e. The van der Waals surface area contributed by atoms with Crippen LogP contribution < -0.4 is 5.73 Å². The van der Waals surface area contributed by atoms with Gasteiger partial charge >= 0.3 is 0 Å². The Balaban J connectivity index is 2.96. The molecule has 0 aliphatic heterocycles. The number of aromatic nitrogens is 1. The van der Waals surface area contributed by atoms with Gasteiger partial charge in [0, 0.05) is 6.20 Å². The van der Waals surface area contributed by atoms with Gasteiger partial charge in [0.2, 0.25) is 0 Å². The van der Waals surface area contributed by atoms with Crippen LogP contribution in [0.1, 0.15) is 11.6 Å². The van der Waals surface area contributed by atoms with Crippen LogP contribution in [0.15, 0.2) is 12.3 Å². The van der Waals surface area contributed by atoms with Crippen molar-refractivity contribution < 1.29 is 9.50 Å². The number of hydrogen-bond acceptors (Lipinski definition) is 3. The molecule has 0 unspecified atom stereocenters. The molecule has 5 heteroatoms. The first-order valence-corrected chi connectivity index (χ1v) is 3.70. The van der Waals surface area contributed by atoms with E-state index in [2.05, 4.69) is 4.98 Å². The van der Waals surface area contributed by atoms with E-state index in [1.54, 1.807) is 0 Å². The number of pyridine rings is 1. The van der Waals surface area contributed by atoms with E-state index >= 15 is 0 Å². The van der Waals surface area contributed by atoms with Crippen molar-refractivity contribution >= 4 is 11.6 Å². The fourth-order valence-electron chi connectivity index (χ4n) is 0.744. The summed E-state index contributed by atoms with van der Waals surface area (Å²) < 4.78 is 12.7. The van der Waals surface area contributed by atoms with Crippen LogP contribution in [0.25, 0.3) is 0 Å². The summed E-state index contributed by atoms with van der Waals surface area (Å²) in [6, 6.07) is 0.556. The minimum atomic E-state index is -0.627. The Labute approximate surface area is 74.0 Å². The topological polar surface area (TPSA) is 59.1 Å². The Morgan fingerprint density at radius 3 is 2.92 bits per heavy atom. The van der Waals surface area contributed by atoms with Crippen LogP contribution in [0.3, 0.4) is 0 Å². The van der Waals surface area contributed by atoms with Crippen LogP contribution >= 0.6 is 11.6 Å². The number of aliphatic hydroxyl groups excluding tert-OH is 1. The molecule has 0 spiro atoms. The average molecular weight is 191 g/mol. The lowest BCUT2D eigenvalue weighted by molar-refractivity contribution is 0.267. The van der Waals surface area contributed by atoms with E-state index in [4.69, 9.17) is 22.4 Å². The molecular weight excluding hydrogens is 183 g/mol. The first kappa shape index (κ1) is 9.38. The van der Waals surface area contributed by atoms with Crippen molar-refractivity contribution in [3.05, 3.63) is 28.8 Å². The fraction of sp³-hybridized carbons (Fsp3) is 0.286. The van der Waals surface area contributed by atoms with E-state index in [0.717, 1.165) is 6.07 Å². The highest BCUT2D eigenvalue weighted by Gasteiger charge is 2.08. The molecule has 1 heterocycles. The molecule has 0 fully saturated rings. The summed E-state index contributed by atoms with van der Waals surface area (Å²) >= 11 is 5.34. The molecule has 0 bridgehead atoms. The highest BCUT2D eigenvalue weighted by atomic mass is 35.5. The van der Waals surface area contributed by atoms with Crippen molar-refractivity contribution in [2.75, 3.05) is 6.61 Å². The number of hydrogen-bond donors (Lipinski definition) is 2. The summed E-state index contributed by atoms with van der Waals surface area (Å²) in [4.78, 5) is 3.55. The molecule has 1 rings (SSSR count). The Bertz CT molecular complexity index is 282. The van der Waals surface area contributed by atoms with Gasteiger partial charge in [-0.2, -0.15) is 0 Å². The summed E-state index contributed by atoms with van der Waals surface area (Å²) in [7, 11) is 0. The van der Waals surface area contributed by atoms with Crippen molar-refractivity contribution in [1.82, 2.24) is 4.98 Å². The minimum absolute atomic E-state index is 0.191. The van der Waals surface area contributed by atoms with Crippen molar-refractivity contribution in [2.45, 2.75) is 6.04 Å². The molecule has 66 valence electrons. The van der Waals surface area contributed by atoms with Gasteiger partial charge < -0.3 is 10.8 Å². The second-order valence-electron chi connectivity index (χ2n) is 2.33. The summed E-state index contributed by atoms with van der Waals surface area (Å²) in [6.45, 7) is -0.247. The molecule has 0 saturated carbocycles. The van der Waals surface area contributed by atoms with Crippen LogP contribution in [0.5, 0.6) is 0 Å². The van der Waals surface area contributed by atoms with Crippen LogP contribution in [0.2, 0.25) is 5.15 Å². The van der Waals surface area contributed by atoms with Crippen LogP contribution in [0.4, 0.5) is 4.39 Å². The number of aliphatic hydroxyl groups is 1. The molecule has 0 aromatic carbocycles. The van der Waals surface area contributed by atoms with Crippen molar-refractivity contribution in [1.29, 1.82) is 0 Å². The minimum Gasteiger partial charge on any atom is -0.394 e. The highest BCUT2D eigenvalue weighted by molar-refractivity contribution is 6.29. The molecule has 1 aromatic heterocycles. The molecule has 0 aliphatic carbocycles. The molecule has 0 saturated heterocycles. The maximum absolute atomic E-state index is 12.7. The molecule has 0 radical (unpaired) electrons. The largest absolute Gasteiger partial charge is 0.394 e. The van der Waals surface area contributed by atoms with E-state index in [-0.39, 0.29) is 11.8 Å². The molecule has 3 N–H and O–H groups in total. The second-order valence-corrected chi connectivity index (χ2v) is 2.69. The summed E-state index contributed by atoms with van der Waals surface area (Å²) in [6.07, 6.45) is 1.34. The van der Waals surface area contributed by atoms with Crippen LogP contribution in [0, 0.1) is 5.82 Å². The van der Waals surface area contributed by atoms with E-state index < -0.39 is 11.9 Å². The Kier molecular flexibility index (Phi) is 2.97. The SMILES string of the molecule is N[C@H](CO)c1cnc(Cl)c(F)c1. The van der Waals surface area contributed by atoms with Crippen LogP contribution in [-0.4, -0.2) is 16.7 Å². The standard InChI is InChI=1S/C7H8ClFN2O/c8-7-5(9)1-4(2-11-7)6(10)3-12/h1-2,6,12H,3,10H2/t6-/m1/s1. The molecule has 1 atom stereocenters. The zero-order valence-corrected chi connectivity index (χ0v) is 6.92. The predicted molar refractivity (Wildman–Crippen MR) is 43.2 cm³/mol. The first-order valence-electron chi connectivity index (χ1n) is 3.32. The van der Waals surface area contributed by atoms with Crippen molar-refractivity contribution in [3.8, 4) is 0 Å². The van der Waals surface area contributed by atoms with Gasteiger partial charge in [-0.15, -0.1) is 0 Å². The number of halogens is 2. The molecule has 12 heavy (non-hydrogen) atoms. The van der Waals surface area contributed by atoms with E-state index in [1.165, 1.54) is 6.20 Å². The molecule has 0 amide bonds. The smallest absolute Gasteiger partial charge is 0.164 e. The van der Waals surface area contributed by atoms with Gasteiger partial charge in [-0.1, -0.05) is 11.6 Å². The highest BCUT2D eigenvalue weighted by Crippen LogP contribution is 2.15. The van der Waals surface area contributed by atoms with Gasteiger partial charge in [-0.3, -0.25) is 0 Å². The fourth-order valence-corrected chi connectivity index (χ4v) is 0.848. The number of rotatable bonds is 2. The Hall–Kier alpha value is -0.710. The summed E-state index contributed by atoms with van der Waals surface area (Å²) in [5.74, 6) is -0.627. The summed E-state index contributed by atoms with van der Waals surface area (Å²) in [5, 5.41) is 8.45. The monoisotopic (exact) mass is 190 g/mol. The average Bonchev–Trinajstić information content (AvgIpc) is 2.08. The lowest BCUT2D eigenvalue weighted by atomic mass is 10.1. The third-order valence-electron chi connectivity index (χ3n) is 1.44. The Morgan fingerprint density at radius 2 is 2.42 bits per heavy atom. The lowest BCUT2D eigenvalue weighted by Crippen LogP contribution is -2.14. The number of nitrogens with two attached hydrogens (primary N) is 1. The van der Waals surface area contributed by atoms with Gasteiger partial charge in [-0.25, -0.2) is 9.37 Å². The molecule has 1 aromatic rings. The zero-order valence-electron chi connectivity index (χ0n) is 6.17. The first-order chi connectivity index (χ1) is 5.65. The van der Waals surface area contributed by atoms with Gasteiger partial charge in [-0.05, 0) is 11.6 Å². The van der Waals surface area contributed by atoms with Gasteiger partial charge in [0.25, 0.3) is 0 Å². The lowest BCUT2D eigenvalue weighted by Gasteiger charge is -2.07. The van der Waals surface area contributed by atoms with Gasteiger partial charge in [0.1, 0.15) is 0 Å². The summed E-state index contributed by atoms with van der Waals surface area (Å²) in [5.41, 5.74) is 5.84. The third-order valence-corrected chi connectivity index (χ3v) is 1.72. The maximum atomic E-state index is 12.7. The van der Waals surface area contributed by atoms with E-state index in [1.807, 2.05) is 0 Å². The molecule has 0 aliphatic rings. The van der Waals surface area contributed by atoms with E-state index in [9.17, 15) is 4.39 Å². The normalized spacial score (nSPS) is 13.0. The zero-order chi connectivity index (χ0) is 9.14. The third kappa shape index (κ3) is 1.91. The quantitative estimate of drug-likeness (QED) is 0.681. The molecular formula is C7H8ClFN2O. The van der Waals surface area contributed by atoms with Crippen molar-refractivity contribution in [2.24, 2.45) is 5.73 Å². The number of nitrogens with zero attached hydrogens (tertiary/aromatic N) is 1.